The first-order valence-corrected chi connectivity index (χ1v) is 7.79. The Morgan fingerprint density at radius 2 is 2.04 bits per heavy atom. The van der Waals surface area contributed by atoms with E-state index >= 15 is 0 Å². The second kappa shape index (κ2) is 8.78. The Bertz CT molecular complexity index is 688. The maximum Gasteiger partial charge on any atom is 0.305 e. The van der Waals surface area contributed by atoms with Gasteiger partial charge in [-0.15, -0.1) is 0 Å². The van der Waals surface area contributed by atoms with Crippen LogP contribution in [0.15, 0.2) is 36.5 Å². The van der Waals surface area contributed by atoms with Gasteiger partial charge in [-0.2, -0.15) is 0 Å². The highest BCUT2D eigenvalue weighted by atomic mass is 16.5. The van der Waals surface area contributed by atoms with Gasteiger partial charge in [-0.25, -0.2) is 0 Å². The van der Waals surface area contributed by atoms with Crippen LogP contribution in [0.3, 0.4) is 0 Å². The van der Waals surface area contributed by atoms with Crippen molar-refractivity contribution >= 4 is 28.9 Å². The normalized spacial score (nSPS) is 11.0. The lowest BCUT2D eigenvalue weighted by atomic mass is 10.1. The number of fused-ring (bicyclic) bond motifs is 1. The first kappa shape index (κ1) is 16.8. The Labute approximate surface area is 135 Å². The molecule has 0 saturated carbocycles. The van der Waals surface area contributed by atoms with E-state index in [2.05, 4.69) is 15.0 Å². The number of para-hydroxylation sites is 1. The number of carbonyl (C=O) groups is 2. The number of hydrogen-bond donors (Lipinski definition) is 2. The van der Waals surface area contributed by atoms with Crippen molar-refractivity contribution in [3.05, 3.63) is 42.1 Å². The van der Waals surface area contributed by atoms with E-state index in [1.54, 1.807) is 6.08 Å². The summed E-state index contributed by atoms with van der Waals surface area (Å²) < 4.78 is 4.57. The van der Waals surface area contributed by atoms with Gasteiger partial charge in [0.2, 0.25) is 5.91 Å². The molecule has 2 N–H and O–H groups in total. The number of esters is 1. The van der Waals surface area contributed by atoms with Gasteiger partial charge in [0.25, 0.3) is 0 Å². The molecule has 1 heterocycles. The third-order valence-corrected chi connectivity index (χ3v) is 3.62. The van der Waals surface area contributed by atoms with Gasteiger partial charge >= 0.3 is 5.97 Å². The topological polar surface area (TPSA) is 71.2 Å². The number of hydrogen-bond acceptors (Lipinski definition) is 3. The van der Waals surface area contributed by atoms with Crippen molar-refractivity contribution in [2.75, 3.05) is 13.7 Å². The third kappa shape index (κ3) is 5.29. The van der Waals surface area contributed by atoms with Crippen molar-refractivity contribution in [3.63, 3.8) is 0 Å². The molecule has 0 radical (unpaired) electrons. The number of benzene rings is 1. The summed E-state index contributed by atoms with van der Waals surface area (Å²) in [4.78, 5) is 25.9. The van der Waals surface area contributed by atoms with Crippen molar-refractivity contribution in [1.82, 2.24) is 10.3 Å². The summed E-state index contributed by atoms with van der Waals surface area (Å²) in [5, 5.41) is 3.94. The number of carbonyl (C=O) groups excluding carboxylic acids is 2. The van der Waals surface area contributed by atoms with Gasteiger partial charge in [0.05, 0.1) is 7.11 Å². The van der Waals surface area contributed by atoms with Crippen LogP contribution < -0.4 is 5.32 Å². The minimum absolute atomic E-state index is 0.108. The Morgan fingerprint density at radius 3 is 2.87 bits per heavy atom. The summed E-state index contributed by atoms with van der Waals surface area (Å²) in [6, 6.07) is 7.97. The molecule has 122 valence electrons. The largest absolute Gasteiger partial charge is 0.469 e. The summed E-state index contributed by atoms with van der Waals surface area (Å²) in [5.41, 5.74) is 2.05. The fraction of sp³-hybridized carbons (Fsp3) is 0.333. The maximum atomic E-state index is 11.8. The summed E-state index contributed by atoms with van der Waals surface area (Å²) in [6.07, 6.45) is 8.21. The lowest BCUT2D eigenvalue weighted by molar-refractivity contribution is -0.140. The van der Waals surface area contributed by atoms with Crippen LogP contribution in [0.2, 0.25) is 0 Å². The van der Waals surface area contributed by atoms with E-state index in [9.17, 15) is 9.59 Å². The van der Waals surface area contributed by atoms with Crippen molar-refractivity contribution in [3.8, 4) is 0 Å². The number of ether oxygens (including phenoxy) is 1. The number of aromatic amines is 1. The van der Waals surface area contributed by atoms with Gasteiger partial charge in [-0.1, -0.05) is 24.6 Å². The molecule has 23 heavy (non-hydrogen) atoms. The van der Waals surface area contributed by atoms with Crippen molar-refractivity contribution in [1.29, 1.82) is 0 Å². The van der Waals surface area contributed by atoms with Crippen LogP contribution in [-0.4, -0.2) is 30.5 Å². The van der Waals surface area contributed by atoms with Gasteiger partial charge in [0, 0.05) is 36.1 Å². The van der Waals surface area contributed by atoms with Gasteiger partial charge in [-0.3, -0.25) is 9.59 Å². The van der Waals surface area contributed by atoms with Crippen LogP contribution in [0.4, 0.5) is 0 Å². The molecule has 0 aliphatic rings. The summed E-state index contributed by atoms with van der Waals surface area (Å²) in [7, 11) is 1.39. The van der Waals surface area contributed by atoms with E-state index in [-0.39, 0.29) is 11.9 Å². The van der Waals surface area contributed by atoms with E-state index < -0.39 is 0 Å². The molecule has 0 atom stereocenters. The van der Waals surface area contributed by atoms with Gasteiger partial charge in [0.15, 0.2) is 0 Å². The number of H-pyrrole nitrogens is 1. The highest BCUT2D eigenvalue weighted by molar-refractivity contribution is 5.96. The number of rotatable bonds is 8. The SMILES string of the molecule is COC(=O)CCCCCNC(=O)C=Cc1c[nH]c2ccccc12. The zero-order valence-electron chi connectivity index (χ0n) is 13.3. The number of nitrogens with one attached hydrogen (secondary N) is 2. The average molecular weight is 314 g/mol. The number of methoxy groups -OCH3 is 1. The Balaban J connectivity index is 1.69. The molecular formula is C18H22N2O3. The molecular weight excluding hydrogens is 292 g/mol. The van der Waals surface area contributed by atoms with Gasteiger partial charge in [0.1, 0.15) is 0 Å². The Kier molecular flexibility index (Phi) is 6.41. The minimum Gasteiger partial charge on any atom is -0.469 e. The predicted octanol–water partition coefficient (Wildman–Crippen LogP) is 3.03. The first-order valence-electron chi connectivity index (χ1n) is 7.79. The smallest absolute Gasteiger partial charge is 0.305 e. The van der Waals surface area contributed by atoms with Crippen molar-refractivity contribution < 1.29 is 14.3 Å². The first-order chi connectivity index (χ1) is 11.2. The zero-order valence-corrected chi connectivity index (χ0v) is 13.3. The van der Waals surface area contributed by atoms with E-state index in [0.717, 1.165) is 35.7 Å². The van der Waals surface area contributed by atoms with Gasteiger partial charge in [-0.05, 0) is 30.5 Å². The Morgan fingerprint density at radius 1 is 1.22 bits per heavy atom. The molecule has 1 amide bonds. The lowest BCUT2D eigenvalue weighted by Crippen LogP contribution is -2.22. The quantitative estimate of drug-likeness (QED) is 0.447. The van der Waals surface area contributed by atoms with E-state index in [0.29, 0.717) is 13.0 Å². The number of amides is 1. The average Bonchev–Trinajstić information content (AvgIpc) is 2.99. The number of aromatic nitrogens is 1. The van der Waals surface area contributed by atoms with Crippen LogP contribution >= 0.6 is 0 Å². The molecule has 0 aliphatic carbocycles. The fourth-order valence-electron chi connectivity index (χ4n) is 2.34. The highest BCUT2D eigenvalue weighted by Crippen LogP contribution is 2.18. The second-order valence-corrected chi connectivity index (χ2v) is 5.30. The van der Waals surface area contributed by atoms with Gasteiger partial charge < -0.3 is 15.0 Å². The van der Waals surface area contributed by atoms with Crippen molar-refractivity contribution in [2.45, 2.75) is 25.7 Å². The molecule has 0 aliphatic heterocycles. The summed E-state index contributed by atoms with van der Waals surface area (Å²) in [5.74, 6) is -0.293. The molecule has 1 aromatic carbocycles. The molecule has 0 bridgehead atoms. The van der Waals surface area contributed by atoms with E-state index in [1.807, 2.05) is 36.5 Å². The second-order valence-electron chi connectivity index (χ2n) is 5.30. The van der Waals surface area contributed by atoms with Crippen LogP contribution in [0.25, 0.3) is 17.0 Å². The Hall–Kier alpha value is -2.56. The van der Waals surface area contributed by atoms with Crippen LogP contribution in [0, 0.1) is 0 Å². The highest BCUT2D eigenvalue weighted by Gasteiger charge is 2.01. The molecule has 0 spiro atoms. The third-order valence-electron chi connectivity index (χ3n) is 3.62. The minimum atomic E-state index is -0.185. The lowest BCUT2D eigenvalue weighted by Gasteiger charge is -2.02. The predicted molar refractivity (Wildman–Crippen MR) is 90.8 cm³/mol. The molecule has 5 nitrogen and oxygen atoms in total. The summed E-state index contributed by atoms with van der Waals surface area (Å²) >= 11 is 0. The van der Waals surface area contributed by atoms with Crippen LogP contribution in [0.5, 0.6) is 0 Å². The van der Waals surface area contributed by atoms with E-state index in [1.165, 1.54) is 7.11 Å². The number of unbranched alkanes of at least 4 members (excludes halogenated alkanes) is 2. The molecule has 5 heteroatoms. The monoisotopic (exact) mass is 314 g/mol. The zero-order chi connectivity index (χ0) is 16.5. The molecule has 1 aromatic heterocycles. The standard InChI is InChI=1S/C18H22N2O3/c1-23-18(22)9-3-2-6-12-19-17(21)11-10-14-13-20-16-8-5-4-7-15(14)16/h4-5,7-8,10-11,13,20H,2-3,6,9,12H2,1H3,(H,19,21). The molecule has 2 aromatic rings. The molecule has 0 unspecified atom stereocenters. The maximum absolute atomic E-state index is 11.8. The molecule has 2 rings (SSSR count). The molecule has 0 fully saturated rings. The summed E-state index contributed by atoms with van der Waals surface area (Å²) in [6.45, 7) is 0.609. The molecule has 0 saturated heterocycles. The van der Waals surface area contributed by atoms with Crippen LogP contribution in [-0.2, 0) is 14.3 Å². The van der Waals surface area contributed by atoms with Crippen molar-refractivity contribution in [2.24, 2.45) is 0 Å². The van der Waals surface area contributed by atoms with Crippen LogP contribution in [0.1, 0.15) is 31.2 Å². The fourth-order valence-corrected chi connectivity index (χ4v) is 2.34. The van der Waals surface area contributed by atoms with E-state index in [4.69, 9.17) is 0 Å².